The molecule has 172 valence electrons. The minimum absolute atomic E-state index is 0.0259. The summed E-state index contributed by atoms with van der Waals surface area (Å²) in [6.45, 7) is 6.49. The number of benzene rings is 2. The van der Waals surface area contributed by atoms with E-state index in [4.69, 9.17) is 4.42 Å². The number of hydrogen-bond acceptors (Lipinski definition) is 5. The molecule has 1 atom stereocenters. The summed E-state index contributed by atoms with van der Waals surface area (Å²) in [5.74, 6) is 1.31. The van der Waals surface area contributed by atoms with Crippen LogP contribution in [-0.4, -0.2) is 17.4 Å². The third kappa shape index (κ3) is 3.85. The number of amides is 1. The fourth-order valence-corrected chi connectivity index (χ4v) is 4.66. The number of hydrogen-bond donors (Lipinski definition) is 1. The van der Waals surface area contributed by atoms with Gasteiger partial charge in [-0.05, 0) is 51.0 Å². The summed E-state index contributed by atoms with van der Waals surface area (Å²) in [7, 11) is 0. The van der Waals surface area contributed by atoms with Crippen molar-refractivity contribution >= 4 is 28.4 Å². The van der Waals surface area contributed by atoms with E-state index in [1.165, 1.54) is 0 Å². The van der Waals surface area contributed by atoms with Crippen molar-refractivity contribution in [3.63, 3.8) is 0 Å². The molecule has 1 N–H and O–H groups in total. The number of aryl methyl sites for hydroxylation is 1. The molecule has 0 spiro atoms. The first kappa shape index (κ1) is 21.9. The second-order valence-electron chi connectivity index (χ2n) is 8.87. The third-order valence-electron chi connectivity index (χ3n) is 6.38. The Kier molecular flexibility index (Phi) is 5.65. The Balaban J connectivity index is 1.61. The maximum atomic E-state index is 13.3. The first-order valence-corrected chi connectivity index (χ1v) is 11.6. The summed E-state index contributed by atoms with van der Waals surface area (Å²) in [5.41, 5.74) is 4.65. The minimum Gasteiger partial charge on any atom is -0.455 e. The topological polar surface area (TPSA) is 75.4 Å². The number of fused-ring (bicyclic) bond motifs is 1. The molecule has 1 unspecified atom stereocenters. The molecule has 2 aromatic carbocycles. The second-order valence-corrected chi connectivity index (χ2v) is 8.87. The van der Waals surface area contributed by atoms with Crippen LogP contribution in [0.3, 0.4) is 0 Å². The van der Waals surface area contributed by atoms with E-state index >= 15 is 0 Å². The van der Waals surface area contributed by atoms with Gasteiger partial charge in [-0.2, -0.15) is 0 Å². The molecule has 0 saturated carbocycles. The van der Waals surface area contributed by atoms with Crippen LogP contribution in [0.1, 0.15) is 42.5 Å². The number of aromatic nitrogens is 1. The number of rotatable bonds is 5. The molecular formula is C28H27N3O3. The number of carbonyl (C=O) groups excluding carboxylic acids is 1. The molecule has 1 aliphatic rings. The van der Waals surface area contributed by atoms with Gasteiger partial charge in [-0.15, -0.1) is 0 Å². The van der Waals surface area contributed by atoms with E-state index in [9.17, 15) is 9.59 Å². The lowest BCUT2D eigenvalue weighted by atomic mass is 9.99. The van der Waals surface area contributed by atoms with Crippen molar-refractivity contribution in [2.24, 2.45) is 0 Å². The summed E-state index contributed by atoms with van der Waals surface area (Å²) in [6.07, 6.45) is 3.08. The lowest BCUT2D eigenvalue weighted by molar-refractivity contribution is -0.117. The van der Waals surface area contributed by atoms with Gasteiger partial charge < -0.3 is 9.73 Å². The highest BCUT2D eigenvalue weighted by Gasteiger charge is 2.26. The zero-order valence-electron chi connectivity index (χ0n) is 19.6. The van der Waals surface area contributed by atoms with Crippen molar-refractivity contribution in [1.29, 1.82) is 0 Å². The number of anilines is 2. The number of nitrogens with zero attached hydrogens (tertiary/aromatic N) is 2. The van der Waals surface area contributed by atoms with Crippen molar-refractivity contribution in [2.75, 3.05) is 16.8 Å². The van der Waals surface area contributed by atoms with Gasteiger partial charge in [-0.25, -0.2) is 4.98 Å². The molecule has 1 saturated heterocycles. The van der Waals surface area contributed by atoms with Crippen LogP contribution in [0.2, 0.25) is 0 Å². The van der Waals surface area contributed by atoms with Crippen molar-refractivity contribution in [1.82, 2.24) is 4.98 Å². The number of carbonyl (C=O) groups is 1. The fraction of sp³-hybridized carbons (Fsp3) is 0.250. The molecular weight excluding hydrogens is 426 g/mol. The van der Waals surface area contributed by atoms with E-state index in [1.54, 1.807) is 11.1 Å². The largest absolute Gasteiger partial charge is 0.455 e. The average Bonchev–Trinajstić information content (AvgIpc) is 3.27. The zero-order chi connectivity index (χ0) is 23.8. The van der Waals surface area contributed by atoms with Gasteiger partial charge in [0.15, 0.2) is 11.2 Å². The lowest BCUT2D eigenvalue weighted by Gasteiger charge is -2.23. The maximum Gasteiger partial charge on any atom is 0.228 e. The standard InChI is InChI=1S/C28H27N3O3/c1-17-15-21(19(3)30-23-11-7-13-29-28(23)31-14-8-12-24(31)32)27-22(16-17)25(33)18(2)26(34-27)20-9-5-4-6-10-20/h4-7,9-11,13,15-16,19,30H,8,12,14H2,1-3H3. The van der Waals surface area contributed by atoms with E-state index in [0.29, 0.717) is 41.1 Å². The van der Waals surface area contributed by atoms with Crippen LogP contribution in [0.4, 0.5) is 11.5 Å². The molecule has 4 aromatic rings. The predicted octanol–water partition coefficient (Wildman–Crippen LogP) is 5.77. The quantitative estimate of drug-likeness (QED) is 0.415. The summed E-state index contributed by atoms with van der Waals surface area (Å²) in [4.78, 5) is 31.9. The summed E-state index contributed by atoms with van der Waals surface area (Å²) < 4.78 is 6.43. The van der Waals surface area contributed by atoms with E-state index < -0.39 is 0 Å². The lowest BCUT2D eigenvalue weighted by Crippen LogP contribution is -2.26. The monoisotopic (exact) mass is 453 g/mol. The Morgan fingerprint density at radius 3 is 2.59 bits per heavy atom. The van der Waals surface area contributed by atoms with Crippen molar-refractivity contribution in [3.05, 3.63) is 87.7 Å². The molecule has 1 amide bonds. The first-order valence-electron chi connectivity index (χ1n) is 11.6. The SMILES string of the molecule is Cc1cc(C(C)Nc2cccnc2N2CCCC2=O)c2oc(-c3ccccc3)c(C)c(=O)c2c1. The van der Waals surface area contributed by atoms with Crippen LogP contribution in [-0.2, 0) is 4.79 Å². The highest BCUT2D eigenvalue weighted by molar-refractivity contribution is 5.97. The Labute approximate surface area is 198 Å². The third-order valence-corrected chi connectivity index (χ3v) is 6.38. The van der Waals surface area contributed by atoms with Gasteiger partial charge in [-0.3, -0.25) is 14.5 Å². The van der Waals surface area contributed by atoms with Gasteiger partial charge in [0, 0.05) is 35.9 Å². The van der Waals surface area contributed by atoms with Gasteiger partial charge in [-0.1, -0.05) is 36.4 Å². The predicted molar refractivity (Wildman–Crippen MR) is 135 cm³/mol. The van der Waals surface area contributed by atoms with Gasteiger partial charge >= 0.3 is 0 Å². The molecule has 1 fully saturated rings. The molecule has 0 bridgehead atoms. The highest BCUT2D eigenvalue weighted by Crippen LogP contribution is 2.34. The van der Waals surface area contributed by atoms with E-state index in [0.717, 1.165) is 28.8 Å². The van der Waals surface area contributed by atoms with Crippen LogP contribution < -0.4 is 15.6 Å². The molecule has 0 aliphatic carbocycles. The molecule has 3 heterocycles. The number of pyridine rings is 1. The van der Waals surface area contributed by atoms with E-state index in [-0.39, 0.29) is 17.4 Å². The van der Waals surface area contributed by atoms with Crippen molar-refractivity contribution < 1.29 is 9.21 Å². The van der Waals surface area contributed by atoms with Gasteiger partial charge in [0.1, 0.15) is 11.3 Å². The first-order chi connectivity index (χ1) is 16.4. The van der Waals surface area contributed by atoms with Crippen LogP contribution >= 0.6 is 0 Å². The van der Waals surface area contributed by atoms with Crippen LogP contribution in [0.5, 0.6) is 0 Å². The van der Waals surface area contributed by atoms with E-state index in [2.05, 4.69) is 10.3 Å². The zero-order valence-corrected chi connectivity index (χ0v) is 19.6. The molecule has 0 radical (unpaired) electrons. The fourth-order valence-electron chi connectivity index (χ4n) is 4.66. The smallest absolute Gasteiger partial charge is 0.228 e. The molecule has 2 aromatic heterocycles. The Morgan fingerprint density at radius 1 is 1.06 bits per heavy atom. The molecule has 1 aliphatic heterocycles. The minimum atomic E-state index is -0.197. The Bertz CT molecular complexity index is 1440. The summed E-state index contributed by atoms with van der Waals surface area (Å²) in [6, 6.07) is 17.2. The summed E-state index contributed by atoms with van der Waals surface area (Å²) in [5, 5.41) is 4.09. The van der Waals surface area contributed by atoms with E-state index in [1.807, 2.05) is 75.4 Å². The molecule has 34 heavy (non-hydrogen) atoms. The van der Waals surface area contributed by atoms with Crippen molar-refractivity contribution in [2.45, 2.75) is 39.7 Å². The van der Waals surface area contributed by atoms with Crippen LogP contribution in [0.15, 0.2) is 70.0 Å². The Hall–Kier alpha value is -3.93. The van der Waals surface area contributed by atoms with Gasteiger partial charge in [0.25, 0.3) is 0 Å². The normalized spacial score (nSPS) is 14.6. The van der Waals surface area contributed by atoms with Crippen molar-refractivity contribution in [3.8, 4) is 11.3 Å². The van der Waals surface area contributed by atoms with Crippen LogP contribution in [0, 0.1) is 13.8 Å². The van der Waals surface area contributed by atoms with Gasteiger partial charge in [0.05, 0.1) is 17.1 Å². The van der Waals surface area contributed by atoms with Gasteiger partial charge in [0.2, 0.25) is 5.91 Å². The maximum absolute atomic E-state index is 13.3. The second kappa shape index (κ2) is 8.78. The highest BCUT2D eigenvalue weighted by atomic mass is 16.3. The average molecular weight is 454 g/mol. The summed E-state index contributed by atoms with van der Waals surface area (Å²) >= 11 is 0. The molecule has 6 nitrogen and oxygen atoms in total. The Morgan fingerprint density at radius 2 is 1.85 bits per heavy atom. The molecule has 5 rings (SSSR count). The van der Waals surface area contributed by atoms with Crippen LogP contribution in [0.25, 0.3) is 22.3 Å². The number of nitrogens with one attached hydrogen (secondary N) is 1. The molecule has 6 heteroatoms.